The largest absolute Gasteiger partial charge is 0.381 e. The van der Waals surface area contributed by atoms with E-state index in [0.29, 0.717) is 12.0 Å². The van der Waals surface area contributed by atoms with E-state index in [1.165, 1.54) is 12.1 Å². The van der Waals surface area contributed by atoms with Crippen molar-refractivity contribution in [1.82, 2.24) is 5.32 Å². The molecule has 0 aliphatic carbocycles. The average Bonchev–Trinajstić information content (AvgIpc) is 2.41. The van der Waals surface area contributed by atoms with Crippen LogP contribution in [0.25, 0.3) is 0 Å². The van der Waals surface area contributed by atoms with Crippen molar-refractivity contribution in [1.29, 1.82) is 0 Å². The van der Waals surface area contributed by atoms with E-state index >= 15 is 0 Å². The van der Waals surface area contributed by atoms with E-state index in [1.54, 1.807) is 0 Å². The van der Waals surface area contributed by atoms with Gasteiger partial charge in [0.2, 0.25) is 0 Å². The van der Waals surface area contributed by atoms with E-state index in [9.17, 15) is 4.39 Å². The van der Waals surface area contributed by atoms with Crippen LogP contribution in [-0.2, 0) is 11.2 Å². The summed E-state index contributed by atoms with van der Waals surface area (Å²) in [6.45, 7) is 4.84. The fourth-order valence-electron chi connectivity index (χ4n) is 2.57. The van der Waals surface area contributed by atoms with Crippen LogP contribution in [-0.4, -0.2) is 25.8 Å². The van der Waals surface area contributed by atoms with Crippen LogP contribution in [0.4, 0.5) is 4.39 Å². The quantitative estimate of drug-likeness (QED) is 0.892. The summed E-state index contributed by atoms with van der Waals surface area (Å²) in [5.74, 6) is 0.262. The Labute approximate surface area is 122 Å². The Morgan fingerprint density at radius 2 is 2.32 bits per heavy atom. The molecule has 2 rings (SSSR count). The van der Waals surface area contributed by atoms with Gasteiger partial charge in [-0.2, -0.15) is 0 Å². The number of benzene rings is 1. The van der Waals surface area contributed by atoms with E-state index in [1.807, 2.05) is 6.07 Å². The third-order valence-corrected chi connectivity index (χ3v) is 4.37. The van der Waals surface area contributed by atoms with Crippen LogP contribution in [0.1, 0.15) is 25.3 Å². The minimum atomic E-state index is -0.198. The van der Waals surface area contributed by atoms with Crippen molar-refractivity contribution in [2.24, 2.45) is 5.92 Å². The fraction of sp³-hybridized carbons (Fsp3) is 0.600. The van der Waals surface area contributed by atoms with Crippen LogP contribution in [0.2, 0.25) is 0 Å². The molecule has 0 saturated carbocycles. The lowest BCUT2D eigenvalue weighted by molar-refractivity contribution is 0.0322. The normalized spacial score (nSPS) is 23.5. The van der Waals surface area contributed by atoms with Crippen LogP contribution in [0.15, 0.2) is 22.7 Å². The van der Waals surface area contributed by atoms with Crippen molar-refractivity contribution in [2.75, 3.05) is 19.8 Å². The van der Waals surface area contributed by atoms with Gasteiger partial charge in [-0.3, -0.25) is 0 Å². The Morgan fingerprint density at radius 1 is 1.47 bits per heavy atom. The molecule has 1 heterocycles. The highest BCUT2D eigenvalue weighted by molar-refractivity contribution is 9.10. The summed E-state index contributed by atoms with van der Waals surface area (Å²) in [7, 11) is 0. The number of rotatable bonds is 5. The molecule has 1 saturated heterocycles. The number of hydrogen-bond donors (Lipinski definition) is 1. The van der Waals surface area contributed by atoms with Crippen LogP contribution in [0.3, 0.4) is 0 Å². The zero-order valence-corrected chi connectivity index (χ0v) is 12.9. The van der Waals surface area contributed by atoms with Gasteiger partial charge in [0.15, 0.2) is 0 Å². The van der Waals surface area contributed by atoms with Crippen LogP contribution in [0, 0.1) is 11.7 Å². The van der Waals surface area contributed by atoms with Crippen LogP contribution < -0.4 is 5.32 Å². The smallest absolute Gasteiger partial charge is 0.124 e. The van der Waals surface area contributed by atoms with Crippen molar-refractivity contribution in [3.8, 4) is 0 Å². The maximum atomic E-state index is 13.1. The molecule has 4 heteroatoms. The van der Waals surface area contributed by atoms with E-state index in [4.69, 9.17) is 4.74 Å². The van der Waals surface area contributed by atoms with Gasteiger partial charge >= 0.3 is 0 Å². The highest BCUT2D eigenvalue weighted by Gasteiger charge is 2.25. The van der Waals surface area contributed by atoms with Gasteiger partial charge < -0.3 is 10.1 Å². The molecule has 1 N–H and O–H groups in total. The number of hydrogen-bond acceptors (Lipinski definition) is 2. The molecular formula is C15H21BrFNO. The molecule has 1 fully saturated rings. The van der Waals surface area contributed by atoms with Gasteiger partial charge in [0.25, 0.3) is 0 Å². The molecule has 1 aromatic rings. The molecule has 1 aliphatic heterocycles. The summed E-state index contributed by atoms with van der Waals surface area (Å²) >= 11 is 3.45. The Kier molecular flexibility index (Phi) is 5.79. The molecule has 2 atom stereocenters. The lowest BCUT2D eigenvalue weighted by atomic mass is 9.89. The van der Waals surface area contributed by atoms with Gasteiger partial charge in [0.1, 0.15) is 5.82 Å². The molecule has 0 amide bonds. The molecule has 2 unspecified atom stereocenters. The molecular weight excluding hydrogens is 309 g/mol. The summed E-state index contributed by atoms with van der Waals surface area (Å²) in [4.78, 5) is 0. The Balaban J connectivity index is 2.02. The Morgan fingerprint density at radius 3 is 3.05 bits per heavy atom. The standard InChI is InChI=1S/C15H21BrFNO/c1-2-6-18-15-5-7-19-10-12(15)8-11-3-4-13(17)9-14(11)16/h3-4,9,12,15,18H,2,5-8,10H2,1H3. The molecule has 1 aliphatic rings. The predicted octanol–water partition coefficient (Wildman–Crippen LogP) is 3.54. The summed E-state index contributed by atoms with van der Waals surface area (Å²) in [6, 6.07) is 5.43. The van der Waals surface area contributed by atoms with E-state index in [-0.39, 0.29) is 5.82 Å². The molecule has 2 nitrogen and oxygen atoms in total. The highest BCUT2D eigenvalue weighted by Crippen LogP contribution is 2.25. The average molecular weight is 330 g/mol. The molecule has 0 radical (unpaired) electrons. The second kappa shape index (κ2) is 7.36. The SMILES string of the molecule is CCCNC1CCOCC1Cc1ccc(F)cc1Br. The van der Waals surface area contributed by atoms with Gasteiger partial charge in [-0.1, -0.05) is 28.9 Å². The summed E-state index contributed by atoms with van der Waals surface area (Å²) < 4.78 is 19.6. The van der Waals surface area contributed by atoms with Gasteiger partial charge in [0.05, 0.1) is 6.61 Å². The molecule has 106 valence electrons. The maximum absolute atomic E-state index is 13.1. The highest BCUT2D eigenvalue weighted by atomic mass is 79.9. The number of nitrogens with one attached hydrogen (secondary N) is 1. The summed E-state index contributed by atoms with van der Waals surface area (Å²) in [5, 5.41) is 3.60. The molecule has 0 spiro atoms. The molecule has 1 aromatic carbocycles. The topological polar surface area (TPSA) is 21.3 Å². The van der Waals surface area contributed by atoms with Gasteiger partial charge in [-0.05, 0) is 43.5 Å². The minimum absolute atomic E-state index is 0.198. The first-order valence-electron chi connectivity index (χ1n) is 6.95. The minimum Gasteiger partial charge on any atom is -0.381 e. The zero-order chi connectivity index (χ0) is 13.7. The third-order valence-electron chi connectivity index (χ3n) is 3.63. The van der Waals surface area contributed by atoms with Crippen LogP contribution in [0.5, 0.6) is 0 Å². The first kappa shape index (κ1) is 14.9. The van der Waals surface area contributed by atoms with E-state index in [0.717, 1.165) is 49.1 Å². The predicted molar refractivity (Wildman–Crippen MR) is 78.8 cm³/mol. The Hall–Kier alpha value is -0.450. The van der Waals surface area contributed by atoms with Crippen molar-refractivity contribution in [2.45, 2.75) is 32.2 Å². The Bertz CT molecular complexity index is 413. The first-order valence-corrected chi connectivity index (χ1v) is 7.75. The van der Waals surface area contributed by atoms with Crippen LogP contribution >= 0.6 is 15.9 Å². The van der Waals surface area contributed by atoms with Crippen molar-refractivity contribution >= 4 is 15.9 Å². The maximum Gasteiger partial charge on any atom is 0.124 e. The van der Waals surface area contributed by atoms with Gasteiger partial charge in [-0.15, -0.1) is 0 Å². The van der Waals surface area contributed by atoms with Crippen molar-refractivity contribution in [3.63, 3.8) is 0 Å². The fourth-order valence-corrected chi connectivity index (χ4v) is 3.08. The second-order valence-electron chi connectivity index (χ2n) is 5.12. The molecule has 0 aromatic heterocycles. The van der Waals surface area contributed by atoms with Crippen molar-refractivity contribution < 1.29 is 9.13 Å². The third kappa shape index (κ3) is 4.26. The summed E-state index contributed by atoms with van der Waals surface area (Å²) in [5.41, 5.74) is 1.15. The lowest BCUT2D eigenvalue weighted by Gasteiger charge is -2.32. The van der Waals surface area contributed by atoms with Gasteiger partial charge in [-0.25, -0.2) is 4.39 Å². The van der Waals surface area contributed by atoms with Crippen molar-refractivity contribution in [3.05, 3.63) is 34.1 Å². The molecule has 19 heavy (non-hydrogen) atoms. The first-order chi connectivity index (χ1) is 9.20. The lowest BCUT2D eigenvalue weighted by Crippen LogP contribution is -2.44. The second-order valence-corrected chi connectivity index (χ2v) is 5.98. The monoisotopic (exact) mass is 329 g/mol. The zero-order valence-electron chi connectivity index (χ0n) is 11.3. The number of ether oxygens (including phenoxy) is 1. The van der Waals surface area contributed by atoms with Gasteiger partial charge in [0, 0.05) is 23.0 Å². The number of halogens is 2. The van der Waals surface area contributed by atoms with E-state index in [2.05, 4.69) is 28.2 Å². The molecule has 0 bridgehead atoms. The van der Waals surface area contributed by atoms with E-state index < -0.39 is 0 Å². The summed E-state index contributed by atoms with van der Waals surface area (Å²) in [6.07, 6.45) is 3.12.